The molecule has 0 saturated carbocycles. The number of fused-ring (bicyclic) bond motifs is 1. The summed E-state index contributed by atoms with van der Waals surface area (Å²) in [6.45, 7) is 6.59. The highest BCUT2D eigenvalue weighted by molar-refractivity contribution is 5.76. The smallest absolute Gasteiger partial charge is 0.307 e. The zero-order valence-corrected chi connectivity index (χ0v) is 12.3. The van der Waals surface area contributed by atoms with Gasteiger partial charge in [0.25, 0.3) is 0 Å². The normalized spacial score (nSPS) is 11.9. The average Bonchev–Trinajstić information content (AvgIpc) is 2.79. The lowest BCUT2D eigenvalue weighted by Crippen LogP contribution is -2.17. The summed E-state index contributed by atoms with van der Waals surface area (Å²) in [5, 5.41) is 8.82. The van der Waals surface area contributed by atoms with Gasteiger partial charge in [-0.2, -0.15) is 0 Å². The summed E-state index contributed by atoms with van der Waals surface area (Å²) in [5.41, 5.74) is 2.42. The fourth-order valence-electron chi connectivity index (χ4n) is 2.25. The van der Waals surface area contributed by atoms with Crippen molar-refractivity contribution in [2.45, 2.75) is 46.5 Å². The van der Waals surface area contributed by atoms with Gasteiger partial charge in [-0.3, -0.25) is 4.79 Å². The van der Waals surface area contributed by atoms with Crippen LogP contribution in [0, 0.1) is 5.41 Å². The summed E-state index contributed by atoms with van der Waals surface area (Å²) in [4.78, 5) is 15.2. The first-order chi connectivity index (χ1) is 9.45. The first-order valence-corrected chi connectivity index (χ1v) is 7.06. The molecule has 0 amide bonds. The van der Waals surface area contributed by atoms with Crippen LogP contribution in [0.15, 0.2) is 22.6 Å². The summed E-state index contributed by atoms with van der Waals surface area (Å²) in [7, 11) is 0. The van der Waals surface area contributed by atoms with Crippen LogP contribution in [0.3, 0.4) is 0 Å². The molecule has 0 fully saturated rings. The lowest BCUT2D eigenvalue weighted by atomic mass is 9.81. The third-order valence-electron chi connectivity index (χ3n) is 4.14. The van der Waals surface area contributed by atoms with Crippen LogP contribution in [-0.2, 0) is 17.6 Å². The van der Waals surface area contributed by atoms with Crippen LogP contribution in [0.25, 0.3) is 11.1 Å². The summed E-state index contributed by atoms with van der Waals surface area (Å²) in [6, 6.07) is 5.38. The molecule has 108 valence electrons. The highest BCUT2D eigenvalue weighted by Gasteiger charge is 2.23. The van der Waals surface area contributed by atoms with E-state index >= 15 is 0 Å². The van der Waals surface area contributed by atoms with E-state index in [-0.39, 0.29) is 11.8 Å². The van der Waals surface area contributed by atoms with E-state index in [1.807, 2.05) is 0 Å². The van der Waals surface area contributed by atoms with Gasteiger partial charge in [0.2, 0.25) is 0 Å². The van der Waals surface area contributed by atoms with Gasteiger partial charge in [0.1, 0.15) is 5.52 Å². The van der Waals surface area contributed by atoms with Gasteiger partial charge >= 0.3 is 5.97 Å². The van der Waals surface area contributed by atoms with Crippen LogP contribution in [0.1, 0.15) is 45.1 Å². The number of hydrogen-bond donors (Lipinski definition) is 1. The maximum absolute atomic E-state index is 10.7. The van der Waals surface area contributed by atoms with E-state index in [1.54, 1.807) is 18.2 Å². The Hall–Kier alpha value is -1.84. The number of aliphatic carboxylic acids is 1. The molecule has 0 radical (unpaired) electrons. The molecule has 0 aliphatic heterocycles. The number of benzene rings is 1. The number of carbonyl (C=O) groups is 1. The van der Waals surface area contributed by atoms with E-state index in [2.05, 4.69) is 25.8 Å². The van der Waals surface area contributed by atoms with Gasteiger partial charge in [-0.15, -0.1) is 0 Å². The van der Waals surface area contributed by atoms with Crippen LogP contribution in [0.5, 0.6) is 0 Å². The second-order valence-corrected chi connectivity index (χ2v) is 5.67. The Morgan fingerprint density at radius 1 is 1.35 bits per heavy atom. The van der Waals surface area contributed by atoms with Crippen molar-refractivity contribution >= 4 is 17.1 Å². The van der Waals surface area contributed by atoms with Crippen molar-refractivity contribution < 1.29 is 14.3 Å². The molecule has 20 heavy (non-hydrogen) atoms. The minimum Gasteiger partial charge on any atom is -0.481 e. The molecule has 0 aliphatic rings. The molecule has 0 atom stereocenters. The fraction of sp³-hybridized carbons (Fsp3) is 0.500. The van der Waals surface area contributed by atoms with Gasteiger partial charge in [0.05, 0.1) is 6.42 Å². The lowest BCUT2D eigenvalue weighted by molar-refractivity contribution is -0.136. The summed E-state index contributed by atoms with van der Waals surface area (Å²) < 4.78 is 5.77. The Kier molecular flexibility index (Phi) is 4.12. The number of oxazole rings is 1. The van der Waals surface area contributed by atoms with E-state index in [1.165, 1.54) is 0 Å². The predicted molar refractivity (Wildman–Crippen MR) is 77.7 cm³/mol. The number of nitrogens with zero attached hydrogens (tertiary/aromatic N) is 1. The van der Waals surface area contributed by atoms with Crippen LogP contribution >= 0.6 is 0 Å². The van der Waals surface area contributed by atoms with E-state index in [9.17, 15) is 4.79 Å². The minimum atomic E-state index is -0.836. The molecule has 0 aliphatic carbocycles. The van der Waals surface area contributed by atoms with Crippen molar-refractivity contribution in [2.24, 2.45) is 5.41 Å². The minimum absolute atomic E-state index is 0.0137. The number of carboxylic acid groups (broad SMARTS) is 1. The van der Waals surface area contributed by atoms with Gasteiger partial charge in [0.15, 0.2) is 11.5 Å². The molecular formula is C16H21NO3. The van der Waals surface area contributed by atoms with Crippen molar-refractivity contribution in [3.63, 3.8) is 0 Å². The molecule has 4 heteroatoms. The van der Waals surface area contributed by atoms with Crippen molar-refractivity contribution in [3.8, 4) is 0 Å². The van der Waals surface area contributed by atoms with Crippen LogP contribution in [0.4, 0.5) is 0 Å². The van der Waals surface area contributed by atoms with E-state index in [0.717, 1.165) is 41.8 Å². The molecule has 4 nitrogen and oxygen atoms in total. The van der Waals surface area contributed by atoms with Crippen molar-refractivity contribution in [1.82, 2.24) is 4.98 Å². The van der Waals surface area contributed by atoms with E-state index < -0.39 is 5.97 Å². The Labute approximate surface area is 118 Å². The SMILES string of the molecule is CCC(C)(CC)Cc1nc2cc(CC(=O)O)ccc2o1. The Morgan fingerprint density at radius 3 is 2.65 bits per heavy atom. The molecule has 0 spiro atoms. The standard InChI is InChI=1S/C16H21NO3/c1-4-16(3,5-2)10-14-17-12-8-11(9-15(18)19)6-7-13(12)20-14/h6-8H,4-5,9-10H2,1-3H3,(H,18,19). The predicted octanol–water partition coefficient (Wildman–Crippen LogP) is 3.82. The quantitative estimate of drug-likeness (QED) is 0.870. The second-order valence-electron chi connectivity index (χ2n) is 5.67. The molecule has 0 unspecified atom stereocenters. The molecular weight excluding hydrogens is 254 g/mol. The maximum atomic E-state index is 10.7. The Morgan fingerprint density at radius 2 is 2.05 bits per heavy atom. The molecule has 1 heterocycles. The Balaban J connectivity index is 2.27. The monoisotopic (exact) mass is 275 g/mol. The van der Waals surface area contributed by atoms with Gasteiger partial charge in [0, 0.05) is 6.42 Å². The molecule has 0 saturated heterocycles. The summed E-state index contributed by atoms with van der Waals surface area (Å²) in [6.07, 6.45) is 2.97. The zero-order chi connectivity index (χ0) is 14.8. The highest BCUT2D eigenvalue weighted by Crippen LogP contribution is 2.31. The number of aromatic nitrogens is 1. The average molecular weight is 275 g/mol. The largest absolute Gasteiger partial charge is 0.481 e. The molecule has 1 N–H and O–H groups in total. The third-order valence-corrected chi connectivity index (χ3v) is 4.14. The molecule has 1 aromatic heterocycles. The number of hydrogen-bond acceptors (Lipinski definition) is 3. The van der Waals surface area contributed by atoms with Crippen molar-refractivity contribution in [2.75, 3.05) is 0 Å². The fourth-order valence-corrected chi connectivity index (χ4v) is 2.25. The lowest BCUT2D eigenvalue weighted by Gasteiger charge is -2.24. The molecule has 1 aromatic carbocycles. The highest BCUT2D eigenvalue weighted by atomic mass is 16.4. The van der Waals surface area contributed by atoms with Gasteiger partial charge in [-0.05, 0) is 23.1 Å². The van der Waals surface area contributed by atoms with Gasteiger partial charge < -0.3 is 9.52 Å². The van der Waals surface area contributed by atoms with Gasteiger partial charge in [-0.25, -0.2) is 4.98 Å². The third kappa shape index (κ3) is 3.18. The van der Waals surface area contributed by atoms with E-state index in [4.69, 9.17) is 9.52 Å². The number of carboxylic acids is 1. The van der Waals surface area contributed by atoms with Gasteiger partial charge in [-0.1, -0.05) is 39.7 Å². The summed E-state index contributed by atoms with van der Waals surface area (Å²) >= 11 is 0. The summed E-state index contributed by atoms with van der Waals surface area (Å²) in [5.74, 6) is -0.101. The van der Waals surface area contributed by atoms with Crippen LogP contribution in [0.2, 0.25) is 0 Å². The van der Waals surface area contributed by atoms with Crippen LogP contribution in [-0.4, -0.2) is 16.1 Å². The first kappa shape index (κ1) is 14.6. The topological polar surface area (TPSA) is 63.3 Å². The molecule has 2 aromatic rings. The molecule has 0 bridgehead atoms. The van der Waals surface area contributed by atoms with Crippen LogP contribution < -0.4 is 0 Å². The first-order valence-electron chi connectivity index (χ1n) is 7.06. The Bertz CT molecular complexity index is 611. The maximum Gasteiger partial charge on any atom is 0.307 e. The number of rotatable bonds is 6. The van der Waals surface area contributed by atoms with Crippen molar-refractivity contribution in [3.05, 3.63) is 29.7 Å². The second kappa shape index (κ2) is 5.65. The van der Waals surface area contributed by atoms with Crippen molar-refractivity contribution in [1.29, 1.82) is 0 Å². The molecule has 2 rings (SSSR count). The van der Waals surface area contributed by atoms with E-state index in [0.29, 0.717) is 0 Å². The zero-order valence-electron chi connectivity index (χ0n) is 12.3.